The number of nitrogens with two attached hydrogens (primary N) is 1. The maximum Gasteiger partial charge on any atom is 0.330 e. The fraction of sp³-hybridized carbons (Fsp3) is 0.406. The van der Waals surface area contributed by atoms with Crippen LogP contribution in [0.3, 0.4) is 0 Å². The Kier molecular flexibility index (Phi) is 10.1. The third kappa shape index (κ3) is 6.46. The molecule has 2 aromatic rings. The lowest BCUT2D eigenvalue weighted by Gasteiger charge is -2.43. The molecule has 5 unspecified atom stereocenters. The summed E-state index contributed by atoms with van der Waals surface area (Å²) in [6.07, 6.45) is -0.275. The summed E-state index contributed by atoms with van der Waals surface area (Å²) < 4.78 is 4.60. The largest absolute Gasteiger partial charge is 0.511 e. The minimum Gasteiger partial charge on any atom is -0.511 e. The number of carbonyl (C=O) groups excluding carboxylic acids is 5. The highest BCUT2D eigenvalue weighted by Crippen LogP contribution is 2.49. The summed E-state index contributed by atoms with van der Waals surface area (Å²) in [5.41, 5.74) is 6.86. The minimum atomic E-state index is -1.27. The molecule has 13 heteroatoms. The number of Topliss-reactive ketones (excluding diaryl/α,β-unsaturated/α-hetero) is 2. The van der Waals surface area contributed by atoms with Crippen LogP contribution in [-0.4, -0.2) is 101 Å². The number of rotatable bonds is 11. The van der Waals surface area contributed by atoms with E-state index in [2.05, 4.69) is 10.1 Å². The van der Waals surface area contributed by atoms with Gasteiger partial charge in [0.1, 0.15) is 11.5 Å². The van der Waals surface area contributed by atoms with Gasteiger partial charge >= 0.3 is 5.97 Å². The van der Waals surface area contributed by atoms with Crippen LogP contribution in [0.2, 0.25) is 0 Å². The van der Waals surface area contributed by atoms with E-state index in [-0.39, 0.29) is 41.9 Å². The SMILES string of the molecule is COC(=O)C(CO)NC(=O)c1cccc(-c2ccc(O)c3c2CC2CC(C(CO)N(C)C)C(C(=O)CC(N)=O)C(O)=C2C3=O)c1. The number of benzene rings is 2. The number of allylic oxidation sites excluding steroid dienone is 2. The van der Waals surface area contributed by atoms with Gasteiger partial charge in [0.15, 0.2) is 17.6 Å². The number of fused-ring (bicyclic) bond motifs is 2. The monoisotopic (exact) mass is 623 g/mol. The molecule has 45 heavy (non-hydrogen) atoms. The van der Waals surface area contributed by atoms with Crippen molar-refractivity contribution in [3.8, 4) is 16.9 Å². The summed E-state index contributed by atoms with van der Waals surface area (Å²) in [5, 5.41) is 44.4. The quantitative estimate of drug-likeness (QED) is 0.150. The number of phenolic OH excluding ortho intramolecular Hbond substituents is 1. The maximum absolute atomic E-state index is 14.0. The van der Waals surface area contributed by atoms with Crippen molar-refractivity contribution in [1.82, 2.24) is 10.2 Å². The van der Waals surface area contributed by atoms with Crippen LogP contribution in [0.5, 0.6) is 5.75 Å². The van der Waals surface area contributed by atoms with Gasteiger partial charge in [-0.1, -0.05) is 18.2 Å². The van der Waals surface area contributed by atoms with E-state index in [9.17, 15) is 44.4 Å². The van der Waals surface area contributed by atoms with Gasteiger partial charge in [-0.2, -0.15) is 0 Å². The number of carbonyl (C=O) groups is 5. The molecule has 0 spiro atoms. The molecule has 2 aliphatic rings. The number of hydrogen-bond acceptors (Lipinski definition) is 11. The van der Waals surface area contributed by atoms with E-state index in [4.69, 9.17) is 5.73 Å². The number of aliphatic hydroxyl groups is 3. The molecule has 0 saturated heterocycles. The normalized spacial score (nSPS) is 20.6. The van der Waals surface area contributed by atoms with Crippen LogP contribution < -0.4 is 11.1 Å². The molecule has 2 aromatic carbocycles. The number of aliphatic hydroxyl groups excluding tert-OH is 3. The molecule has 13 nitrogen and oxygen atoms in total. The van der Waals surface area contributed by atoms with E-state index in [1.165, 1.54) is 18.2 Å². The van der Waals surface area contributed by atoms with Crippen molar-refractivity contribution < 1.29 is 49.1 Å². The molecule has 0 saturated carbocycles. The van der Waals surface area contributed by atoms with Gasteiger partial charge in [0.2, 0.25) is 5.91 Å². The first kappa shape index (κ1) is 33.3. The smallest absolute Gasteiger partial charge is 0.330 e. The Hall–Kier alpha value is -4.59. The summed E-state index contributed by atoms with van der Waals surface area (Å²) in [7, 11) is 4.55. The van der Waals surface area contributed by atoms with E-state index >= 15 is 0 Å². The highest BCUT2D eigenvalue weighted by Gasteiger charge is 2.49. The highest BCUT2D eigenvalue weighted by molar-refractivity contribution is 6.15. The molecule has 0 bridgehead atoms. The van der Waals surface area contributed by atoms with Crippen LogP contribution in [0.1, 0.15) is 39.1 Å². The molecular weight excluding hydrogens is 586 g/mol. The lowest BCUT2D eigenvalue weighted by Crippen LogP contribution is -2.49. The maximum atomic E-state index is 14.0. The van der Waals surface area contributed by atoms with Gasteiger partial charge < -0.3 is 41.1 Å². The number of nitrogens with zero attached hydrogens (tertiary/aromatic N) is 1. The molecule has 240 valence electrons. The zero-order valence-electron chi connectivity index (χ0n) is 25.1. The number of amides is 2. The zero-order chi connectivity index (χ0) is 33.2. The topological polar surface area (TPSA) is 217 Å². The molecule has 5 atom stereocenters. The minimum absolute atomic E-state index is 0.0320. The van der Waals surface area contributed by atoms with E-state index in [0.29, 0.717) is 16.7 Å². The third-order valence-electron chi connectivity index (χ3n) is 8.63. The number of primary amides is 1. The third-order valence-corrected chi connectivity index (χ3v) is 8.63. The summed E-state index contributed by atoms with van der Waals surface area (Å²) in [6.45, 7) is -1.03. The second-order valence-electron chi connectivity index (χ2n) is 11.5. The van der Waals surface area contributed by atoms with E-state index in [1.807, 2.05) is 0 Å². The lowest BCUT2D eigenvalue weighted by atomic mass is 9.63. The number of phenols is 1. The number of methoxy groups -OCH3 is 1. The van der Waals surface area contributed by atoms with Crippen LogP contribution in [0.25, 0.3) is 11.1 Å². The molecule has 0 fully saturated rings. The first-order chi connectivity index (χ1) is 21.3. The summed E-state index contributed by atoms with van der Waals surface area (Å²) in [5.74, 6) is -7.05. The van der Waals surface area contributed by atoms with Crippen molar-refractivity contribution in [3.63, 3.8) is 0 Å². The zero-order valence-corrected chi connectivity index (χ0v) is 25.1. The summed E-state index contributed by atoms with van der Waals surface area (Å²) in [4.78, 5) is 65.3. The van der Waals surface area contributed by atoms with Crippen molar-refractivity contribution >= 4 is 29.4 Å². The first-order valence-electron chi connectivity index (χ1n) is 14.3. The Balaban J connectivity index is 1.80. The van der Waals surface area contributed by atoms with Crippen LogP contribution in [0.15, 0.2) is 47.7 Å². The molecule has 2 aliphatic carbocycles. The van der Waals surface area contributed by atoms with E-state index < -0.39 is 78.0 Å². The van der Waals surface area contributed by atoms with Crippen molar-refractivity contribution in [3.05, 3.63) is 64.4 Å². The number of ether oxygens (including phenoxy) is 1. The van der Waals surface area contributed by atoms with E-state index in [0.717, 1.165) is 7.11 Å². The molecule has 2 amide bonds. The molecular formula is C32H37N3O10. The number of aromatic hydroxyl groups is 1. The van der Waals surface area contributed by atoms with Crippen LogP contribution in [0, 0.1) is 17.8 Å². The van der Waals surface area contributed by atoms with Crippen molar-refractivity contribution in [2.75, 3.05) is 34.4 Å². The van der Waals surface area contributed by atoms with Crippen LogP contribution in [-0.2, 0) is 25.5 Å². The van der Waals surface area contributed by atoms with Gasteiger partial charge in [0, 0.05) is 17.2 Å². The molecule has 0 radical (unpaired) electrons. The second kappa shape index (κ2) is 13.6. The molecule has 7 N–H and O–H groups in total. The van der Waals surface area contributed by atoms with Gasteiger partial charge in [-0.25, -0.2) is 4.79 Å². The van der Waals surface area contributed by atoms with Crippen molar-refractivity contribution in [2.45, 2.75) is 31.3 Å². The van der Waals surface area contributed by atoms with Gasteiger partial charge in [-0.3, -0.25) is 19.2 Å². The number of likely N-dealkylation sites (N-methyl/N-ethyl adjacent to an activating group) is 1. The standard InChI is InChI=1S/C32H37N3O10/c1-35(2)22(14-37)20-11-17-10-19-18(15-5-4-6-16(9-15)31(43)34-21(13-36)32(44)45-3)7-8-23(38)27(19)29(41)26(17)30(42)28(20)24(39)12-25(33)40/h4-9,17,20-22,28,36-38,42H,10-14H2,1-3H3,(H2,33,40)(H,34,43). The van der Waals surface area contributed by atoms with E-state index in [1.54, 1.807) is 37.2 Å². The van der Waals surface area contributed by atoms with Crippen LogP contribution in [0.4, 0.5) is 0 Å². The Labute approximate surface area is 259 Å². The van der Waals surface area contributed by atoms with Crippen molar-refractivity contribution in [2.24, 2.45) is 23.5 Å². The molecule has 0 heterocycles. The average molecular weight is 624 g/mol. The fourth-order valence-corrected chi connectivity index (χ4v) is 6.53. The Bertz CT molecular complexity index is 1570. The summed E-state index contributed by atoms with van der Waals surface area (Å²) in [6, 6.07) is 7.41. The second-order valence-corrected chi connectivity index (χ2v) is 11.5. The predicted octanol–water partition coefficient (Wildman–Crippen LogP) is 0.493. The van der Waals surface area contributed by atoms with Gasteiger partial charge in [-0.15, -0.1) is 0 Å². The van der Waals surface area contributed by atoms with Gasteiger partial charge in [-0.05, 0) is 73.7 Å². The fourth-order valence-electron chi connectivity index (χ4n) is 6.53. The number of esters is 1. The number of ketones is 2. The van der Waals surface area contributed by atoms with Gasteiger partial charge in [0.05, 0.1) is 38.2 Å². The van der Waals surface area contributed by atoms with Gasteiger partial charge in [0.25, 0.3) is 5.91 Å². The Morgan fingerprint density at radius 1 is 1.09 bits per heavy atom. The molecule has 4 rings (SSSR count). The predicted molar refractivity (Wildman–Crippen MR) is 160 cm³/mol. The van der Waals surface area contributed by atoms with Crippen LogP contribution >= 0.6 is 0 Å². The number of hydrogen-bond donors (Lipinski definition) is 6. The molecule has 0 aromatic heterocycles. The highest BCUT2D eigenvalue weighted by atomic mass is 16.5. The molecule has 0 aliphatic heterocycles. The summed E-state index contributed by atoms with van der Waals surface area (Å²) >= 11 is 0. The first-order valence-corrected chi connectivity index (χ1v) is 14.3. The Morgan fingerprint density at radius 3 is 2.40 bits per heavy atom. The average Bonchev–Trinajstić information content (AvgIpc) is 2.99. The number of nitrogens with one attached hydrogen (secondary N) is 1. The van der Waals surface area contributed by atoms with Crippen molar-refractivity contribution in [1.29, 1.82) is 0 Å². The Morgan fingerprint density at radius 2 is 1.80 bits per heavy atom. The lowest BCUT2D eigenvalue weighted by molar-refractivity contribution is -0.144.